The van der Waals surface area contributed by atoms with Crippen molar-refractivity contribution >= 4 is 28.5 Å². The van der Waals surface area contributed by atoms with Gasteiger partial charge in [0.25, 0.3) is 0 Å². The van der Waals surface area contributed by atoms with Crippen molar-refractivity contribution in [3.63, 3.8) is 0 Å². The highest BCUT2D eigenvalue weighted by Crippen LogP contribution is 2.33. The summed E-state index contributed by atoms with van der Waals surface area (Å²) in [6.07, 6.45) is 2.79. The van der Waals surface area contributed by atoms with E-state index < -0.39 is 5.63 Å². The Bertz CT molecular complexity index is 1330. The molecule has 3 aromatic rings. The fraction of sp³-hybridized carbons (Fsp3) is 0.414. The highest BCUT2D eigenvalue weighted by molar-refractivity contribution is 5.98. The minimum atomic E-state index is -0.491. The van der Waals surface area contributed by atoms with Crippen molar-refractivity contribution in [1.29, 1.82) is 0 Å². The van der Waals surface area contributed by atoms with Gasteiger partial charge in [-0.2, -0.15) is 0 Å². The van der Waals surface area contributed by atoms with Gasteiger partial charge in [-0.1, -0.05) is 30.3 Å². The maximum Gasteiger partial charge on any atom is 0.360 e. The maximum atomic E-state index is 13.3. The van der Waals surface area contributed by atoms with E-state index in [1.165, 1.54) is 0 Å². The summed E-state index contributed by atoms with van der Waals surface area (Å²) in [5, 5.41) is 0.799. The van der Waals surface area contributed by atoms with Crippen LogP contribution in [0.3, 0.4) is 0 Å². The fourth-order valence-corrected chi connectivity index (χ4v) is 5.23. The van der Waals surface area contributed by atoms with Gasteiger partial charge in [0.05, 0.1) is 19.1 Å². The Morgan fingerprint density at radius 2 is 1.84 bits per heavy atom. The van der Waals surface area contributed by atoms with Gasteiger partial charge >= 0.3 is 11.6 Å². The molecule has 0 saturated carbocycles. The summed E-state index contributed by atoms with van der Waals surface area (Å²) < 4.78 is 16.8. The second-order valence-electron chi connectivity index (χ2n) is 9.60. The lowest BCUT2D eigenvalue weighted by Gasteiger charge is -2.33. The third-order valence-corrected chi connectivity index (χ3v) is 7.15. The van der Waals surface area contributed by atoms with Crippen molar-refractivity contribution in [3.8, 4) is 5.75 Å². The largest absolute Gasteiger partial charge is 0.489 e. The van der Waals surface area contributed by atoms with Crippen LogP contribution in [0.25, 0.3) is 11.0 Å². The van der Waals surface area contributed by atoms with Crippen LogP contribution in [0.15, 0.2) is 57.7 Å². The number of likely N-dealkylation sites (tertiary alicyclic amines) is 1. The van der Waals surface area contributed by atoms with Gasteiger partial charge in [0.1, 0.15) is 23.6 Å². The smallest absolute Gasteiger partial charge is 0.360 e. The Labute approximate surface area is 215 Å². The summed E-state index contributed by atoms with van der Waals surface area (Å²) in [5.74, 6) is 0.285. The third kappa shape index (κ3) is 5.54. The molecular weight excluding hydrogens is 472 g/mol. The summed E-state index contributed by atoms with van der Waals surface area (Å²) in [6, 6.07) is 15.4. The SMILES string of the molecule is CCOC(=O)C1CCN(CC(=O)N2CCCc3c2c(=O)oc2ccc(OCc4ccccc4)cc32)CC1. The van der Waals surface area contributed by atoms with Gasteiger partial charge in [-0.15, -0.1) is 0 Å². The first-order valence-electron chi connectivity index (χ1n) is 13.0. The maximum absolute atomic E-state index is 13.3. The van der Waals surface area contributed by atoms with Crippen LogP contribution in [0.5, 0.6) is 5.75 Å². The van der Waals surface area contributed by atoms with Crippen molar-refractivity contribution in [2.75, 3.05) is 37.7 Å². The van der Waals surface area contributed by atoms with Crippen molar-refractivity contribution < 1.29 is 23.5 Å². The van der Waals surface area contributed by atoms with E-state index in [0.29, 0.717) is 69.1 Å². The number of anilines is 1. The van der Waals surface area contributed by atoms with Gasteiger partial charge in [0, 0.05) is 11.9 Å². The van der Waals surface area contributed by atoms with Gasteiger partial charge in [-0.25, -0.2) is 4.79 Å². The van der Waals surface area contributed by atoms with Gasteiger partial charge in [-0.3, -0.25) is 14.5 Å². The van der Waals surface area contributed by atoms with Crippen molar-refractivity contribution in [2.45, 2.75) is 39.2 Å². The summed E-state index contributed by atoms with van der Waals surface area (Å²) in [6.45, 7) is 4.58. The Balaban J connectivity index is 1.32. The van der Waals surface area contributed by atoms with Crippen LogP contribution in [0, 0.1) is 5.92 Å². The summed E-state index contributed by atoms with van der Waals surface area (Å²) in [5.41, 5.74) is 2.23. The van der Waals surface area contributed by atoms with Crippen LogP contribution >= 0.6 is 0 Å². The molecule has 1 fully saturated rings. The van der Waals surface area contributed by atoms with Gasteiger partial charge in [0.15, 0.2) is 0 Å². The molecule has 1 aromatic heterocycles. The van der Waals surface area contributed by atoms with Crippen molar-refractivity contribution in [1.82, 2.24) is 4.90 Å². The normalized spacial score (nSPS) is 16.4. The van der Waals surface area contributed by atoms with E-state index in [1.807, 2.05) is 41.3 Å². The van der Waals surface area contributed by atoms with E-state index in [1.54, 1.807) is 24.0 Å². The molecule has 2 aliphatic rings. The van der Waals surface area contributed by atoms with Crippen LogP contribution in [-0.4, -0.2) is 49.6 Å². The predicted octanol–water partition coefficient (Wildman–Crippen LogP) is 3.93. The topological polar surface area (TPSA) is 89.3 Å². The summed E-state index contributed by atoms with van der Waals surface area (Å²) in [4.78, 5) is 42.0. The highest BCUT2D eigenvalue weighted by atomic mass is 16.5. The van der Waals surface area contributed by atoms with Crippen LogP contribution in [0.1, 0.15) is 37.3 Å². The Kier molecular flexibility index (Phi) is 7.55. The molecule has 1 amide bonds. The minimum Gasteiger partial charge on any atom is -0.489 e. The van der Waals surface area contributed by atoms with E-state index >= 15 is 0 Å². The quantitative estimate of drug-likeness (QED) is 0.356. The molecule has 0 bridgehead atoms. The van der Waals surface area contributed by atoms with Crippen LogP contribution in [0.2, 0.25) is 0 Å². The van der Waals surface area contributed by atoms with E-state index in [2.05, 4.69) is 0 Å². The number of amides is 1. The zero-order valence-corrected chi connectivity index (χ0v) is 21.1. The van der Waals surface area contributed by atoms with E-state index in [-0.39, 0.29) is 24.3 Å². The molecule has 0 unspecified atom stereocenters. The fourth-order valence-electron chi connectivity index (χ4n) is 5.23. The number of hydrogen-bond acceptors (Lipinski definition) is 7. The number of esters is 1. The van der Waals surface area contributed by atoms with E-state index in [4.69, 9.17) is 13.9 Å². The Hall–Kier alpha value is -3.65. The van der Waals surface area contributed by atoms with E-state index in [0.717, 1.165) is 22.9 Å². The molecule has 3 heterocycles. The summed E-state index contributed by atoms with van der Waals surface area (Å²) >= 11 is 0. The van der Waals surface area contributed by atoms with Crippen LogP contribution in [-0.2, 0) is 27.4 Å². The molecule has 0 N–H and O–H groups in total. The standard InChI is InChI=1S/C29H32N2O6/c1-2-35-28(33)21-12-15-30(16-13-21)18-26(32)31-14-6-9-23-24-17-22(36-19-20-7-4-3-5-8-20)10-11-25(24)37-29(34)27(23)31/h3-5,7-8,10-11,17,21H,2,6,9,12-16,18-19H2,1H3. The molecule has 0 aliphatic carbocycles. The number of aryl methyl sites for hydroxylation is 1. The number of benzene rings is 2. The molecule has 8 nitrogen and oxygen atoms in total. The number of nitrogens with zero attached hydrogens (tertiary/aromatic N) is 2. The molecule has 2 aliphatic heterocycles. The van der Waals surface area contributed by atoms with Gasteiger partial charge in [0.2, 0.25) is 5.91 Å². The van der Waals surface area contributed by atoms with Crippen LogP contribution in [0.4, 0.5) is 5.69 Å². The molecule has 194 valence electrons. The number of rotatable bonds is 7. The molecule has 0 spiro atoms. The number of piperidine rings is 1. The molecule has 0 radical (unpaired) electrons. The molecule has 8 heteroatoms. The Morgan fingerprint density at radius 3 is 2.59 bits per heavy atom. The lowest BCUT2D eigenvalue weighted by Crippen LogP contribution is -2.47. The number of fused-ring (bicyclic) bond motifs is 3. The Morgan fingerprint density at radius 1 is 1.05 bits per heavy atom. The first-order chi connectivity index (χ1) is 18.0. The van der Waals surface area contributed by atoms with Crippen molar-refractivity contribution in [3.05, 3.63) is 70.1 Å². The zero-order chi connectivity index (χ0) is 25.8. The highest BCUT2D eigenvalue weighted by Gasteiger charge is 2.31. The second-order valence-corrected chi connectivity index (χ2v) is 9.60. The van der Waals surface area contributed by atoms with E-state index in [9.17, 15) is 14.4 Å². The zero-order valence-electron chi connectivity index (χ0n) is 21.1. The van der Waals surface area contributed by atoms with Crippen LogP contribution < -0.4 is 15.3 Å². The number of carbonyl (C=O) groups excluding carboxylic acids is 2. The monoisotopic (exact) mass is 504 g/mol. The first kappa shape index (κ1) is 25.0. The second kappa shape index (κ2) is 11.2. The molecule has 37 heavy (non-hydrogen) atoms. The third-order valence-electron chi connectivity index (χ3n) is 7.15. The molecule has 0 atom stereocenters. The lowest BCUT2D eigenvalue weighted by atomic mass is 9.96. The van der Waals surface area contributed by atoms with Gasteiger partial charge in [-0.05, 0) is 75.0 Å². The molecule has 1 saturated heterocycles. The lowest BCUT2D eigenvalue weighted by molar-refractivity contribution is -0.149. The summed E-state index contributed by atoms with van der Waals surface area (Å²) in [7, 11) is 0. The number of hydrogen-bond donors (Lipinski definition) is 0. The number of ether oxygens (including phenoxy) is 2. The predicted molar refractivity (Wildman–Crippen MR) is 140 cm³/mol. The minimum absolute atomic E-state index is 0.112. The first-order valence-corrected chi connectivity index (χ1v) is 13.0. The van der Waals surface area contributed by atoms with Gasteiger partial charge < -0.3 is 18.8 Å². The molecule has 2 aromatic carbocycles. The number of carbonyl (C=O) groups is 2. The average Bonchev–Trinajstić information content (AvgIpc) is 2.93. The van der Waals surface area contributed by atoms with Crippen molar-refractivity contribution in [2.24, 2.45) is 5.92 Å². The molecular formula is C29H32N2O6. The molecule has 5 rings (SSSR count). The average molecular weight is 505 g/mol.